The molecule has 0 N–H and O–H groups in total. The molecule has 1 aromatic heterocycles. The van der Waals surface area contributed by atoms with E-state index in [9.17, 15) is 4.79 Å². The van der Waals surface area contributed by atoms with Gasteiger partial charge in [-0.05, 0) is 31.4 Å². The van der Waals surface area contributed by atoms with Crippen LogP contribution < -0.4 is 9.80 Å². The first kappa shape index (κ1) is 14.3. The lowest BCUT2D eigenvalue weighted by molar-refractivity contribution is -0.114. The minimum atomic E-state index is 0.00479. The lowest BCUT2D eigenvalue weighted by atomic mass is 10.1. The third-order valence-electron chi connectivity index (χ3n) is 4.39. The topological polar surface area (TPSA) is 49.3 Å². The van der Waals surface area contributed by atoms with Crippen LogP contribution >= 0.6 is 11.6 Å². The molecule has 0 unspecified atom stereocenters. The molecular weight excluding hydrogens is 288 g/mol. The predicted octanol–water partition coefficient (Wildman–Crippen LogP) is 2.80. The number of anilines is 2. The van der Waals surface area contributed by atoms with Crippen LogP contribution in [0.5, 0.6) is 0 Å². The number of carbonyl (C=O) groups is 1. The summed E-state index contributed by atoms with van der Waals surface area (Å²) >= 11 is 5.99. The highest BCUT2D eigenvalue weighted by Gasteiger charge is 2.33. The molecule has 0 atom stereocenters. The fourth-order valence-corrected chi connectivity index (χ4v) is 3.31. The van der Waals surface area contributed by atoms with Gasteiger partial charge in [0.25, 0.3) is 5.91 Å². The second kappa shape index (κ2) is 5.64. The van der Waals surface area contributed by atoms with E-state index in [2.05, 4.69) is 14.9 Å². The van der Waals surface area contributed by atoms with Gasteiger partial charge < -0.3 is 9.80 Å². The van der Waals surface area contributed by atoms with Crippen molar-refractivity contribution in [3.63, 3.8) is 0 Å². The van der Waals surface area contributed by atoms with E-state index >= 15 is 0 Å². The van der Waals surface area contributed by atoms with Crippen LogP contribution in [0.4, 0.5) is 11.5 Å². The standard InChI is InChI=1S/C15H19ClN4O/c1-3-10-9-20(11-6-4-5-7-11)13-12(19(2)14(10)21)8-17-15(16)18-13/h3,8,11H,4-7,9H2,1-2H3. The average molecular weight is 307 g/mol. The van der Waals surface area contributed by atoms with Crippen molar-refractivity contribution >= 4 is 29.0 Å². The summed E-state index contributed by atoms with van der Waals surface area (Å²) in [6.45, 7) is 2.49. The minimum absolute atomic E-state index is 0.00479. The first-order valence-electron chi connectivity index (χ1n) is 7.34. The van der Waals surface area contributed by atoms with Crippen LogP contribution in [0.25, 0.3) is 0 Å². The van der Waals surface area contributed by atoms with Gasteiger partial charge in [0.05, 0.1) is 6.20 Å². The first-order valence-corrected chi connectivity index (χ1v) is 7.72. The lowest BCUT2D eigenvalue weighted by Crippen LogP contribution is -2.36. The molecule has 0 aromatic carbocycles. The highest BCUT2D eigenvalue weighted by molar-refractivity contribution is 6.28. The van der Waals surface area contributed by atoms with Crippen molar-refractivity contribution in [2.45, 2.75) is 38.6 Å². The van der Waals surface area contributed by atoms with E-state index < -0.39 is 0 Å². The summed E-state index contributed by atoms with van der Waals surface area (Å²) < 4.78 is 0. The third-order valence-corrected chi connectivity index (χ3v) is 4.57. The van der Waals surface area contributed by atoms with Gasteiger partial charge in [0.15, 0.2) is 5.82 Å². The van der Waals surface area contributed by atoms with Crippen molar-refractivity contribution in [1.82, 2.24) is 9.97 Å². The van der Waals surface area contributed by atoms with Crippen molar-refractivity contribution in [2.75, 3.05) is 23.4 Å². The molecule has 2 aliphatic rings. The maximum Gasteiger partial charge on any atom is 0.255 e. The van der Waals surface area contributed by atoms with E-state index in [1.165, 1.54) is 12.8 Å². The van der Waals surface area contributed by atoms with Crippen molar-refractivity contribution in [3.8, 4) is 0 Å². The molecule has 0 bridgehead atoms. The van der Waals surface area contributed by atoms with Gasteiger partial charge in [-0.3, -0.25) is 4.79 Å². The Hall–Kier alpha value is -1.62. The van der Waals surface area contributed by atoms with Crippen LogP contribution in [0.3, 0.4) is 0 Å². The molecule has 1 saturated carbocycles. The van der Waals surface area contributed by atoms with E-state index in [1.807, 2.05) is 13.0 Å². The first-order chi connectivity index (χ1) is 10.1. The molecule has 2 heterocycles. The molecule has 1 fully saturated rings. The summed E-state index contributed by atoms with van der Waals surface area (Å²) in [7, 11) is 1.76. The SMILES string of the molecule is CC=C1CN(C2CCCC2)c2nc(Cl)ncc2N(C)C1=O. The molecule has 1 amide bonds. The van der Waals surface area contributed by atoms with Crippen molar-refractivity contribution in [2.24, 2.45) is 0 Å². The van der Waals surface area contributed by atoms with Crippen LogP contribution in [0, 0.1) is 0 Å². The Kier molecular flexibility index (Phi) is 3.85. The number of hydrogen-bond donors (Lipinski definition) is 0. The molecule has 1 aliphatic carbocycles. The highest BCUT2D eigenvalue weighted by Crippen LogP contribution is 2.36. The Morgan fingerprint density at radius 3 is 2.76 bits per heavy atom. The molecule has 6 heteroatoms. The maximum absolute atomic E-state index is 12.5. The third kappa shape index (κ3) is 2.50. The summed E-state index contributed by atoms with van der Waals surface area (Å²) in [5.41, 5.74) is 1.52. The molecule has 1 aromatic rings. The van der Waals surface area contributed by atoms with Gasteiger partial charge in [0.2, 0.25) is 5.28 Å². The second-order valence-corrected chi connectivity index (χ2v) is 5.93. The predicted molar refractivity (Wildman–Crippen MR) is 83.8 cm³/mol. The molecular formula is C15H19ClN4O. The zero-order valence-electron chi connectivity index (χ0n) is 12.3. The van der Waals surface area contributed by atoms with Gasteiger partial charge in [-0.25, -0.2) is 4.98 Å². The van der Waals surface area contributed by atoms with Gasteiger partial charge in [-0.2, -0.15) is 4.98 Å². The fourth-order valence-electron chi connectivity index (χ4n) is 3.18. The summed E-state index contributed by atoms with van der Waals surface area (Å²) in [5, 5.41) is 0.224. The normalized spacial score (nSPS) is 21.9. The minimum Gasteiger partial charge on any atom is -0.347 e. The summed E-state index contributed by atoms with van der Waals surface area (Å²) in [6.07, 6.45) is 8.26. The summed E-state index contributed by atoms with van der Waals surface area (Å²) in [6, 6.07) is 0.420. The average Bonchev–Trinajstić information content (AvgIpc) is 2.98. The highest BCUT2D eigenvalue weighted by atomic mass is 35.5. The summed E-state index contributed by atoms with van der Waals surface area (Å²) in [4.78, 5) is 24.8. The van der Waals surface area contributed by atoms with Gasteiger partial charge in [0, 0.05) is 25.2 Å². The van der Waals surface area contributed by atoms with Crippen LogP contribution in [0.1, 0.15) is 32.6 Å². The number of rotatable bonds is 1. The second-order valence-electron chi connectivity index (χ2n) is 5.59. The number of likely N-dealkylation sites (N-methyl/N-ethyl adjacent to an activating group) is 1. The smallest absolute Gasteiger partial charge is 0.255 e. The molecule has 0 spiro atoms. The molecule has 1 aliphatic heterocycles. The maximum atomic E-state index is 12.5. The molecule has 0 saturated heterocycles. The summed E-state index contributed by atoms with van der Waals surface area (Å²) in [5.74, 6) is 0.778. The monoisotopic (exact) mass is 306 g/mol. The van der Waals surface area contributed by atoms with E-state index in [0.717, 1.165) is 29.9 Å². The zero-order valence-corrected chi connectivity index (χ0v) is 13.1. The molecule has 5 nitrogen and oxygen atoms in total. The number of amides is 1. The fraction of sp³-hybridized carbons (Fsp3) is 0.533. The van der Waals surface area contributed by atoms with Crippen LogP contribution in [0.15, 0.2) is 17.8 Å². The zero-order chi connectivity index (χ0) is 15.0. The van der Waals surface area contributed by atoms with E-state index in [1.54, 1.807) is 18.1 Å². The largest absolute Gasteiger partial charge is 0.347 e. The van der Waals surface area contributed by atoms with Crippen molar-refractivity contribution < 1.29 is 4.79 Å². The van der Waals surface area contributed by atoms with Gasteiger partial charge in [-0.15, -0.1) is 0 Å². The van der Waals surface area contributed by atoms with E-state index in [4.69, 9.17) is 11.6 Å². The number of allylic oxidation sites excluding steroid dienone is 1. The Balaban J connectivity index is 2.11. The number of halogens is 1. The molecule has 112 valence electrons. The Morgan fingerprint density at radius 2 is 2.10 bits per heavy atom. The van der Waals surface area contributed by atoms with Gasteiger partial charge >= 0.3 is 0 Å². The number of hydrogen-bond acceptors (Lipinski definition) is 4. The molecule has 21 heavy (non-hydrogen) atoms. The molecule has 3 rings (SSSR count). The Bertz CT molecular complexity index is 595. The lowest BCUT2D eigenvalue weighted by Gasteiger charge is -2.29. The van der Waals surface area contributed by atoms with Crippen molar-refractivity contribution in [3.05, 3.63) is 23.1 Å². The van der Waals surface area contributed by atoms with E-state index in [-0.39, 0.29) is 11.2 Å². The Morgan fingerprint density at radius 1 is 1.38 bits per heavy atom. The van der Waals surface area contributed by atoms with Crippen molar-refractivity contribution in [1.29, 1.82) is 0 Å². The van der Waals surface area contributed by atoms with Crippen LogP contribution in [-0.4, -0.2) is 35.5 Å². The number of carbonyl (C=O) groups excluding carboxylic acids is 1. The number of aromatic nitrogens is 2. The molecule has 0 radical (unpaired) electrons. The quantitative estimate of drug-likeness (QED) is 0.591. The van der Waals surface area contributed by atoms with E-state index in [0.29, 0.717) is 12.6 Å². The van der Waals surface area contributed by atoms with Crippen LogP contribution in [-0.2, 0) is 4.79 Å². The Labute approximate surface area is 129 Å². The number of nitrogens with zero attached hydrogens (tertiary/aromatic N) is 4. The van der Waals surface area contributed by atoms with Gasteiger partial charge in [-0.1, -0.05) is 18.9 Å². The van der Waals surface area contributed by atoms with Crippen LogP contribution in [0.2, 0.25) is 5.28 Å². The number of fused-ring (bicyclic) bond motifs is 1. The van der Waals surface area contributed by atoms with Gasteiger partial charge in [0.1, 0.15) is 5.69 Å².